The molecule has 4 heteroatoms. The zero-order valence-electron chi connectivity index (χ0n) is 12.5. The van der Waals surface area contributed by atoms with E-state index in [0.29, 0.717) is 5.56 Å². The van der Waals surface area contributed by atoms with Gasteiger partial charge in [0.15, 0.2) is 17.7 Å². The molecule has 2 aromatic rings. The van der Waals surface area contributed by atoms with Crippen LogP contribution in [0.1, 0.15) is 35.9 Å². The van der Waals surface area contributed by atoms with Crippen LogP contribution in [0.5, 0.6) is 0 Å². The van der Waals surface area contributed by atoms with Gasteiger partial charge in [0.2, 0.25) is 0 Å². The largest absolute Gasteiger partial charge is 0.339 e. The number of ether oxygens (including phenoxy) is 2. The number of benzene rings is 2. The van der Waals surface area contributed by atoms with Gasteiger partial charge in [-0.05, 0) is 31.5 Å². The highest BCUT2D eigenvalue weighted by Gasteiger charge is 2.45. The van der Waals surface area contributed by atoms with Gasteiger partial charge in [0.1, 0.15) is 6.10 Å². The van der Waals surface area contributed by atoms with E-state index in [-0.39, 0.29) is 5.78 Å². The fourth-order valence-corrected chi connectivity index (χ4v) is 2.88. The second-order valence-electron chi connectivity index (χ2n) is 5.76. The van der Waals surface area contributed by atoms with Crippen molar-refractivity contribution in [2.45, 2.75) is 31.8 Å². The molecule has 2 aromatic carbocycles. The zero-order chi connectivity index (χ0) is 15.7. The lowest BCUT2D eigenvalue weighted by Gasteiger charge is -2.16. The maximum absolute atomic E-state index is 12.8. The molecule has 1 aliphatic heterocycles. The van der Waals surface area contributed by atoms with Crippen LogP contribution in [0, 0.1) is 0 Å². The quantitative estimate of drug-likeness (QED) is 0.754. The number of hydrogen-bond acceptors (Lipinski definition) is 3. The van der Waals surface area contributed by atoms with E-state index in [1.54, 1.807) is 12.1 Å². The molecule has 1 fully saturated rings. The maximum Gasteiger partial charge on any atom is 0.194 e. The van der Waals surface area contributed by atoms with E-state index >= 15 is 0 Å². The molecule has 2 atom stereocenters. The summed E-state index contributed by atoms with van der Waals surface area (Å²) >= 11 is 3.38. The van der Waals surface area contributed by atoms with E-state index in [0.717, 1.165) is 10.0 Å². The molecule has 0 saturated carbocycles. The molecule has 0 aromatic heterocycles. The molecule has 0 N–H and O–H groups in total. The molecule has 1 aliphatic rings. The molecule has 0 spiro atoms. The summed E-state index contributed by atoms with van der Waals surface area (Å²) in [5, 5.41) is 0. The minimum absolute atomic E-state index is 0.0630. The molecule has 1 saturated heterocycles. The molecular weight excluding hydrogens is 344 g/mol. The van der Waals surface area contributed by atoms with Gasteiger partial charge < -0.3 is 9.47 Å². The predicted molar refractivity (Wildman–Crippen MR) is 87.7 cm³/mol. The summed E-state index contributed by atoms with van der Waals surface area (Å²) in [5.41, 5.74) is 1.57. The minimum Gasteiger partial charge on any atom is -0.339 e. The van der Waals surface area contributed by atoms with Gasteiger partial charge in [-0.1, -0.05) is 58.4 Å². The number of carbonyl (C=O) groups is 1. The maximum atomic E-state index is 12.8. The number of rotatable bonds is 3. The molecule has 0 amide bonds. The third kappa shape index (κ3) is 3.14. The highest BCUT2D eigenvalue weighted by Crippen LogP contribution is 2.39. The first-order valence-corrected chi connectivity index (χ1v) is 7.96. The van der Waals surface area contributed by atoms with Crippen molar-refractivity contribution in [1.29, 1.82) is 0 Å². The summed E-state index contributed by atoms with van der Waals surface area (Å²) in [6, 6.07) is 17.0. The topological polar surface area (TPSA) is 35.5 Å². The Morgan fingerprint density at radius 2 is 1.64 bits per heavy atom. The van der Waals surface area contributed by atoms with Crippen LogP contribution in [0.15, 0.2) is 59.1 Å². The summed E-state index contributed by atoms with van der Waals surface area (Å²) in [4.78, 5) is 12.8. The standard InChI is InChI=1S/C18H17BrO3/c1-18(2)21-16(13-6-4-3-5-7-13)17(22-18)15(20)12-8-10-14(19)11-9-12/h3-11,16-17H,1-2H3/t16-,17+/m1/s1. The van der Waals surface area contributed by atoms with E-state index in [1.807, 2.05) is 56.3 Å². The van der Waals surface area contributed by atoms with Gasteiger partial charge in [0.25, 0.3) is 0 Å². The molecule has 0 radical (unpaired) electrons. The first kappa shape index (κ1) is 15.4. The van der Waals surface area contributed by atoms with E-state index in [4.69, 9.17) is 9.47 Å². The van der Waals surface area contributed by atoms with Crippen LogP contribution in [-0.4, -0.2) is 17.7 Å². The van der Waals surface area contributed by atoms with Crippen molar-refractivity contribution in [2.24, 2.45) is 0 Å². The summed E-state index contributed by atoms with van der Waals surface area (Å²) in [5.74, 6) is -0.845. The van der Waals surface area contributed by atoms with Crippen molar-refractivity contribution in [1.82, 2.24) is 0 Å². The monoisotopic (exact) mass is 360 g/mol. The van der Waals surface area contributed by atoms with Crippen LogP contribution in [0.3, 0.4) is 0 Å². The van der Waals surface area contributed by atoms with E-state index < -0.39 is 18.0 Å². The lowest BCUT2D eigenvalue weighted by atomic mass is 9.97. The highest BCUT2D eigenvalue weighted by molar-refractivity contribution is 9.10. The van der Waals surface area contributed by atoms with Crippen molar-refractivity contribution in [2.75, 3.05) is 0 Å². The first-order valence-electron chi connectivity index (χ1n) is 7.17. The number of Topliss-reactive ketones (excluding diaryl/α,β-unsaturated/α-hetero) is 1. The molecule has 22 heavy (non-hydrogen) atoms. The van der Waals surface area contributed by atoms with Crippen LogP contribution in [0.25, 0.3) is 0 Å². The molecule has 0 bridgehead atoms. The van der Waals surface area contributed by atoms with Gasteiger partial charge in [0, 0.05) is 10.0 Å². The summed E-state index contributed by atoms with van der Waals surface area (Å²) in [6.07, 6.45) is -1.04. The van der Waals surface area contributed by atoms with Gasteiger partial charge in [-0.2, -0.15) is 0 Å². The Labute approximate surface area is 138 Å². The Hall–Kier alpha value is -1.49. The minimum atomic E-state index is -0.782. The average Bonchev–Trinajstić information content (AvgIpc) is 2.84. The number of hydrogen-bond donors (Lipinski definition) is 0. The van der Waals surface area contributed by atoms with Crippen molar-refractivity contribution in [3.05, 3.63) is 70.2 Å². The second kappa shape index (κ2) is 5.95. The Balaban J connectivity index is 1.92. The summed E-state index contributed by atoms with van der Waals surface area (Å²) in [6.45, 7) is 3.66. The van der Waals surface area contributed by atoms with Crippen LogP contribution in [-0.2, 0) is 9.47 Å². The van der Waals surface area contributed by atoms with Crippen molar-refractivity contribution in [3.63, 3.8) is 0 Å². The lowest BCUT2D eigenvalue weighted by molar-refractivity contribution is -0.143. The Bertz CT molecular complexity index is 664. The SMILES string of the molecule is CC1(C)O[C@H](c2ccccc2)[C@H](C(=O)c2ccc(Br)cc2)O1. The molecule has 0 aliphatic carbocycles. The van der Waals surface area contributed by atoms with Crippen molar-refractivity contribution in [3.8, 4) is 0 Å². The van der Waals surface area contributed by atoms with Crippen LogP contribution < -0.4 is 0 Å². The van der Waals surface area contributed by atoms with Gasteiger partial charge in [-0.25, -0.2) is 0 Å². The summed E-state index contributed by atoms with van der Waals surface area (Å²) in [7, 11) is 0. The Morgan fingerprint density at radius 1 is 1.00 bits per heavy atom. The van der Waals surface area contributed by atoms with Crippen LogP contribution >= 0.6 is 15.9 Å². The molecule has 3 rings (SSSR count). The van der Waals surface area contributed by atoms with Crippen LogP contribution in [0.4, 0.5) is 0 Å². The number of halogens is 1. The third-order valence-corrected chi connectivity index (χ3v) is 4.14. The van der Waals surface area contributed by atoms with Crippen molar-refractivity contribution >= 4 is 21.7 Å². The predicted octanol–water partition coefficient (Wildman–Crippen LogP) is 4.52. The highest BCUT2D eigenvalue weighted by atomic mass is 79.9. The van der Waals surface area contributed by atoms with E-state index in [2.05, 4.69) is 15.9 Å². The molecule has 1 heterocycles. The average molecular weight is 361 g/mol. The molecule has 3 nitrogen and oxygen atoms in total. The van der Waals surface area contributed by atoms with E-state index in [9.17, 15) is 4.79 Å². The van der Waals surface area contributed by atoms with Gasteiger partial charge >= 0.3 is 0 Å². The molecule has 0 unspecified atom stereocenters. The lowest BCUT2D eigenvalue weighted by Crippen LogP contribution is -2.28. The molecular formula is C18H17BrO3. The Kier molecular flexibility index (Phi) is 4.17. The third-order valence-electron chi connectivity index (χ3n) is 3.61. The molecule has 114 valence electrons. The fourth-order valence-electron chi connectivity index (χ4n) is 2.62. The Morgan fingerprint density at radius 3 is 2.27 bits per heavy atom. The second-order valence-corrected chi connectivity index (χ2v) is 6.67. The zero-order valence-corrected chi connectivity index (χ0v) is 14.0. The first-order chi connectivity index (χ1) is 10.5. The fraction of sp³-hybridized carbons (Fsp3) is 0.278. The number of carbonyl (C=O) groups excluding carboxylic acids is 1. The number of ketones is 1. The van der Waals surface area contributed by atoms with E-state index in [1.165, 1.54) is 0 Å². The normalized spacial score (nSPS) is 23.4. The van der Waals surface area contributed by atoms with Crippen molar-refractivity contribution < 1.29 is 14.3 Å². The van der Waals surface area contributed by atoms with Crippen LogP contribution in [0.2, 0.25) is 0 Å². The van der Waals surface area contributed by atoms with Gasteiger partial charge in [-0.15, -0.1) is 0 Å². The summed E-state index contributed by atoms with van der Waals surface area (Å²) < 4.78 is 12.8. The van der Waals surface area contributed by atoms with Gasteiger partial charge in [-0.3, -0.25) is 4.79 Å². The van der Waals surface area contributed by atoms with Gasteiger partial charge in [0.05, 0.1) is 0 Å². The smallest absolute Gasteiger partial charge is 0.194 e.